The van der Waals surface area contributed by atoms with Gasteiger partial charge < -0.3 is 15.0 Å². The zero-order chi connectivity index (χ0) is 13.6. The third-order valence-corrected chi connectivity index (χ3v) is 2.39. The van der Waals surface area contributed by atoms with Crippen LogP contribution in [0.4, 0.5) is 5.95 Å². The Labute approximate surface area is 110 Å². The average molecular weight is 252 g/mol. The lowest BCUT2D eigenvalue weighted by Gasteiger charge is -2.28. The highest BCUT2D eigenvalue weighted by Gasteiger charge is 2.19. The number of anilines is 1. The molecule has 0 aliphatic heterocycles. The molecular weight excluding hydrogens is 228 g/mol. The molecule has 18 heavy (non-hydrogen) atoms. The van der Waals surface area contributed by atoms with Crippen LogP contribution >= 0.6 is 0 Å². The predicted molar refractivity (Wildman–Crippen MR) is 74.0 cm³/mol. The summed E-state index contributed by atoms with van der Waals surface area (Å²) in [6.07, 6.45) is 1.71. The molecule has 1 rings (SSSR count). The van der Waals surface area contributed by atoms with E-state index in [4.69, 9.17) is 4.74 Å². The molecule has 5 nitrogen and oxygen atoms in total. The van der Waals surface area contributed by atoms with Crippen molar-refractivity contribution in [2.45, 2.75) is 20.8 Å². The Morgan fingerprint density at radius 3 is 2.72 bits per heavy atom. The van der Waals surface area contributed by atoms with E-state index in [0.717, 1.165) is 13.1 Å². The fourth-order valence-corrected chi connectivity index (χ4v) is 1.89. The zero-order valence-corrected chi connectivity index (χ0v) is 12.0. The van der Waals surface area contributed by atoms with Crippen LogP contribution in [0.5, 0.6) is 5.88 Å². The summed E-state index contributed by atoms with van der Waals surface area (Å²) in [6, 6.07) is 1.76. The summed E-state index contributed by atoms with van der Waals surface area (Å²) in [5.74, 6) is 1.23. The quantitative estimate of drug-likeness (QED) is 0.803. The third kappa shape index (κ3) is 5.31. The molecule has 0 radical (unpaired) electrons. The minimum Gasteiger partial charge on any atom is -0.478 e. The standard InChI is InChI=1S/C13H24N4O/c1-6-18-11-7-8-14-12(16-11)15-9-13(2,3)10-17(4)5/h7-8H,6,9-10H2,1-5H3,(H,14,15,16). The summed E-state index contributed by atoms with van der Waals surface area (Å²) in [7, 11) is 4.15. The van der Waals surface area contributed by atoms with Crippen LogP contribution in [0.2, 0.25) is 0 Å². The molecule has 0 amide bonds. The van der Waals surface area contributed by atoms with Crippen molar-refractivity contribution in [3.8, 4) is 5.88 Å². The van der Waals surface area contributed by atoms with Crippen molar-refractivity contribution in [2.24, 2.45) is 5.41 Å². The number of hydrogen-bond acceptors (Lipinski definition) is 5. The smallest absolute Gasteiger partial charge is 0.225 e. The van der Waals surface area contributed by atoms with Crippen molar-refractivity contribution in [1.82, 2.24) is 14.9 Å². The molecule has 0 saturated carbocycles. The van der Waals surface area contributed by atoms with E-state index in [0.29, 0.717) is 18.4 Å². The molecule has 0 unspecified atom stereocenters. The van der Waals surface area contributed by atoms with Crippen LogP contribution in [0.25, 0.3) is 0 Å². The first-order valence-electron chi connectivity index (χ1n) is 6.27. The lowest BCUT2D eigenvalue weighted by Crippen LogP contribution is -2.34. The first-order chi connectivity index (χ1) is 8.43. The monoisotopic (exact) mass is 252 g/mol. The fourth-order valence-electron chi connectivity index (χ4n) is 1.89. The van der Waals surface area contributed by atoms with Crippen molar-refractivity contribution < 1.29 is 4.74 Å². The summed E-state index contributed by atoms with van der Waals surface area (Å²) < 4.78 is 5.34. The van der Waals surface area contributed by atoms with Gasteiger partial charge in [-0.3, -0.25) is 0 Å². The normalized spacial score (nSPS) is 11.7. The van der Waals surface area contributed by atoms with Crippen molar-refractivity contribution in [2.75, 3.05) is 39.1 Å². The minimum absolute atomic E-state index is 0.161. The lowest BCUT2D eigenvalue weighted by molar-refractivity contribution is 0.253. The van der Waals surface area contributed by atoms with Crippen molar-refractivity contribution in [1.29, 1.82) is 0 Å². The maximum absolute atomic E-state index is 5.34. The SMILES string of the molecule is CCOc1ccnc(NCC(C)(C)CN(C)C)n1. The number of ether oxygens (including phenoxy) is 1. The van der Waals surface area contributed by atoms with Crippen LogP contribution in [0.1, 0.15) is 20.8 Å². The van der Waals surface area contributed by atoms with Gasteiger partial charge in [-0.25, -0.2) is 4.98 Å². The molecular formula is C13H24N4O. The molecule has 5 heteroatoms. The van der Waals surface area contributed by atoms with Gasteiger partial charge in [-0.15, -0.1) is 0 Å². The molecule has 1 N–H and O–H groups in total. The van der Waals surface area contributed by atoms with Gasteiger partial charge in [0.2, 0.25) is 11.8 Å². The third-order valence-electron chi connectivity index (χ3n) is 2.39. The van der Waals surface area contributed by atoms with Crippen molar-refractivity contribution in [3.63, 3.8) is 0 Å². The van der Waals surface area contributed by atoms with Crippen LogP contribution < -0.4 is 10.1 Å². The maximum atomic E-state index is 5.34. The molecule has 0 aliphatic rings. The van der Waals surface area contributed by atoms with Gasteiger partial charge in [0.15, 0.2) is 0 Å². The Balaban J connectivity index is 2.54. The molecule has 102 valence electrons. The molecule has 0 bridgehead atoms. The summed E-state index contributed by atoms with van der Waals surface area (Å²) in [4.78, 5) is 10.7. The van der Waals surface area contributed by atoms with Gasteiger partial charge in [-0.05, 0) is 26.4 Å². The Kier molecular flexibility index (Phi) is 5.34. The average Bonchev–Trinajstić information content (AvgIpc) is 2.26. The van der Waals surface area contributed by atoms with Gasteiger partial charge in [0.1, 0.15) is 0 Å². The number of hydrogen-bond donors (Lipinski definition) is 1. The summed E-state index contributed by atoms with van der Waals surface area (Å²) in [5.41, 5.74) is 0.161. The molecule has 0 atom stereocenters. The topological polar surface area (TPSA) is 50.3 Å². The van der Waals surface area contributed by atoms with Crippen LogP contribution in [-0.2, 0) is 0 Å². The van der Waals surface area contributed by atoms with E-state index in [-0.39, 0.29) is 5.41 Å². The molecule has 0 saturated heterocycles. The molecule has 1 aromatic heterocycles. The summed E-state index contributed by atoms with van der Waals surface area (Å²) in [5, 5.41) is 3.26. The Hall–Kier alpha value is -1.36. The first kappa shape index (κ1) is 14.7. The molecule has 1 heterocycles. The second-order valence-corrected chi connectivity index (χ2v) is 5.41. The van der Waals surface area contributed by atoms with Crippen molar-refractivity contribution in [3.05, 3.63) is 12.3 Å². The van der Waals surface area contributed by atoms with Crippen LogP contribution in [0.15, 0.2) is 12.3 Å². The van der Waals surface area contributed by atoms with E-state index < -0.39 is 0 Å². The number of nitrogens with zero attached hydrogens (tertiary/aromatic N) is 3. The van der Waals surface area contributed by atoms with Crippen LogP contribution in [0.3, 0.4) is 0 Å². The van der Waals surface area contributed by atoms with E-state index in [1.807, 2.05) is 6.92 Å². The van der Waals surface area contributed by atoms with Crippen LogP contribution in [0, 0.1) is 5.41 Å². The highest BCUT2D eigenvalue weighted by molar-refractivity contribution is 5.27. The molecule has 1 aromatic rings. The Bertz CT molecular complexity index is 366. The predicted octanol–water partition coefficient (Wildman–Crippen LogP) is 1.87. The minimum atomic E-state index is 0.161. The number of rotatable bonds is 7. The number of aromatic nitrogens is 2. The van der Waals surface area contributed by atoms with Gasteiger partial charge in [0, 0.05) is 25.4 Å². The number of nitrogens with one attached hydrogen (secondary N) is 1. The second kappa shape index (κ2) is 6.54. The second-order valence-electron chi connectivity index (χ2n) is 5.41. The Morgan fingerprint density at radius 1 is 1.39 bits per heavy atom. The van der Waals surface area contributed by atoms with E-state index >= 15 is 0 Å². The largest absolute Gasteiger partial charge is 0.478 e. The van der Waals surface area contributed by atoms with Crippen LogP contribution in [-0.4, -0.2) is 48.7 Å². The molecule has 0 fully saturated rings. The van der Waals surface area contributed by atoms with Gasteiger partial charge in [-0.1, -0.05) is 13.8 Å². The van der Waals surface area contributed by atoms with E-state index in [9.17, 15) is 0 Å². The Morgan fingerprint density at radius 2 is 2.11 bits per heavy atom. The van der Waals surface area contributed by atoms with Gasteiger partial charge in [0.05, 0.1) is 6.61 Å². The fraction of sp³-hybridized carbons (Fsp3) is 0.692. The summed E-state index contributed by atoms with van der Waals surface area (Å²) in [6.45, 7) is 8.81. The molecule has 0 aliphatic carbocycles. The highest BCUT2D eigenvalue weighted by atomic mass is 16.5. The zero-order valence-electron chi connectivity index (χ0n) is 12.0. The van der Waals surface area contributed by atoms with Gasteiger partial charge >= 0.3 is 0 Å². The van der Waals surface area contributed by atoms with E-state index in [1.54, 1.807) is 12.3 Å². The molecule has 0 spiro atoms. The molecule has 0 aromatic carbocycles. The van der Waals surface area contributed by atoms with E-state index in [1.165, 1.54) is 0 Å². The summed E-state index contributed by atoms with van der Waals surface area (Å²) >= 11 is 0. The van der Waals surface area contributed by atoms with Gasteiger partial charge in [0.25, 0.3) is 0 Å². The first-order valence-corrected chi connectivity index (χ1v) is 6.27. The lowest BCUT2D eigenvalue weighted by atomic mass is 9.93. The van der Waals surface area contributed by atoms with E-state index in [2.05, 4.69) is 48.1 Å². The highest BCUT2D eigenvalue weighted by Crippen LogP contribution is 2.17. The maximum Gasteiger partial charge on any atom is 0.225 e. The van der Waals surface area contributed by atoms with Crippen molar-refractivity contribution >= 4 is 5.95 Å². The van der Waals surface area contributed by atoms with Gasteiger partial charge in [-0.2, -0.15) is 4.98 Å².